The summed E-state index contributed by atoms with van der Waals surface area (Å²) < 4.78 is 6.55. The molecule has 4 rings (SSSR count). The number of hydrogen-bond donors (Lipinski definition) is 1. The quantitative estimate of drug-likeness (QED) is 0.857. The first kappa shape index (κ1) is 18.2. The van der Waals surface area contributed by atoms with Crippen LogP contribution >= 0.6 is 0 Å². The van der Waals surface area contributed by atoms with Crippen LogP contribution < -0.4 is 5.32 Å². The van der Waals surface area contributed by atoms with Crippen LogP contribution in [-0.4, -0.2) is 23.0 Å². The summed E-state index contributed by atoms with van der Waals surface area (Å²) in [6.45, 7) is 0. The van der Waals surface area contributed by atoms with Crippen molar-refractivity contribution in [2.45, 2.75) is 63.2 Å². The lowest BCUT2D eigenvalue weighted by Gasteiger charge is -2.40. The van der Waals surface area contributed by atoms with Gasteiger partial charge in [0, 0.05) is 24.0 Å². The Morgan fingerprint density at radius 3 is 2.44 bits per heavy atom. The van der Waals surface area contributed by atoms with Gasteiger partial charge in [0.25, 0.3) is 5.91 Å². The van der Waals surface area contributed by atoms with Crippen molar-refractivity contribution in [2.24, 2.45) is 5.92 Å². The van der Waals surface area contributed by atoms with Crippen LogP contribution in [0.3, 0.4) is 0 Å². The molecular formula is C23H28N2O2. The number of amides is 1. The number of nitrogens with one attached hydrogen (secondary N) is 1. The molecule has 2 fully saturated rings. The van der Waals surface area contributed by atoms with E-state index in [4.69, 9.17) is 4.74 Å². The van der Waals surface area contributed by atoms with Crippen molar-refractivity contribution in [3.05, 3.63) is 66.0 Å². The average molecular weight is 364 g/mol. The fraction of sp³-hybridized carbons (Fsp3) is 0.478. The van der Waals surface area contributed by atoms with Crippen molar-refractivity contribution in [3.8, 4) is 0 Å². The van der Waals surface area contributed by atoms with Gasteiger partial charge in [0.05, 0.1) is 12.2 Å². The zero-order chi connectivity index (χ0) is 18.5. The molecule has 0 spiro atoms. The maximum atomic E-state index is 12.7. The highest BCUT2D eigenvalue weighted by Crippen LogP contribution is 2.38. The van der Waals surface area contributed by atoms with Gasteiger partial charge in [-0.2, -0.15) is 0 Å². The third-order valence-electron chi connectivity index (χ3n) is 5.98. The minimum Gasteiger partial charge on any atom is -0.370 e. The molecule has 1 aromatic heterocycles. The second-order valence-corrected chi connectivity index (χ2v) is 7.85. The zero-order valence-corrected chi connectivity index (χ0v) is 15.7. The Hall–Kier alpha value is -2.20. The predicted octanol–water partition coefficient (Wildman–Crippen LogP) is 4.68. The molecule has 2 aromatic rings. The van der Waals surface area contributed by atoms with Crippen LogP contribution in [0.15, 0.2) is 54.9 Å². The van der Waals surface area contributed by atoms with Crippen LogP contribution in [0.1, 0.15) is 67.0 Å². The molecule has 27 heavy (non-hydrogen) atoms. The Bertz CT molecular complexity index is 729. The first-order valence-corrected chi connectivity index (χ1v) is 10.2. The smallest absolute Gasteiger partial charge is 0.251 e. The summed E-state index contributed by atoms with van der Waals surface area (Å²) in [5.74, 6) is 0.623. The summed E-state index contributed by atoms with van der Waals surface area (Å²) in [6.07, 6.45) is 12.0. The Labute approximate surface area is 161 Å². The molecule has 4 nitrogen and oxygen atoms in total. The molecule has 1 saturated heterocycles. The van der Waals surface area contributed by atoms with Gasteiger partial charge in [-0.3, -0.25) is 9.78 Å². The van der Waals surface area contributed by atoms with Crippen LogP contribution in [0, 0.1) is 5.92 Å². The van der Waals surface area contributed by atoms with E-state index < -0.39 is 0 Å². The van der Waals surface area contributed by atoms with Crippen molar-refractivity contribution in [1.82, 2.24) is 10.3 Å². The summed E-state index contributed by atoms with van der Waals surface area (Å²) in [7, 11) is 0. The molecule has 1 saturated carbocycles. The fourth-order valence-electron chi connectivity index (χ4n) is 4.54. The second-order valence-electron chi connectivity index (χ2n) is 7.85. The van der Waals surface area contributed by atoms with Crippen molar-refractivity contribution >= 4 is 5.91 Å². The van der Waals surface area contributed by atoms with E-state index in [9.17, 15) is 4.79 Å². The predicted molar refractivity (Wildman–Crippen MR) is 105 cm³/mol. The summed E-state index contributed by atoms with van der Waals surface area (Å²) >= 11 is 0. The molecule has 3 atom stereocenters. The Morgan fingerprint density at radius 1 is 0.963 bits per heavy atom. The van der Waals surface area contributed by atoms with E-state index in [1.165, 1.54) is 32.1 Å². The Kier molecular flexibility index (Phi) is 5.83. The summed E-state index contributed by atoms with van der Waals surface area (Å²) in [5.41, 5.74) is 1.88. The number of hydrogen-bond acceptors (Lipinski definition) is 3. The topological polar surface area (TPSA) is 51.2 Å². The number of pyridine rings is 1. The van der Waals surface area contributed by atoms with E-state index in [2.05, 4.69) is 10.3 Å². The van der Waals surface area contributed by atoms with Gasteiger partial charge in [-0.1, -0.05) is 37.5 Å². The van der Waals surface area contributed by atoms with Gasteiger partial charge in [0.2, 0.25) is 0 Å². The van der Waals surface area contributed by atoms with Crippen LogP contribution in [0.4, 0.5) is 0 Å². The van der Waals surface area contributed by atoms with Gasteiger partial charge in [0.15, 0.2) is 0 Å². The minimum atomic E-state index is 0.0124. The molecule has 0 unspecified atom stereocenters. The van der Waals surface area contributed by atoms with Gasteiger partial charge in [0.1, 0.15) is 0 Å². The lowest BCUT2D eigenvalue weighted by molar-refractivity contribution is -0.0947. The first-order chi connectivity index (χ1) is 13.3. The molecule has 1 amide bonds. The third kappa shape index (κ3) is 4.56. The van der Waals surface area contributed by atoms with Crippen molar-refractivity contribution in [1.29, 1.82) is 0 Å². The molecule has 0 radical (unpaired) electrons. The van der Waals surface area contributed by atoms with E-state index in [0.717, 1.165) is 24.0 Å². The molecule has 142 valence electrons. The average Bonchev–Trinajstić information content (AvgIpc) is 2.75. The van der Waals surface area contributed by atoms with Gasteiger partial charge in [-0.25, -0.2) is 0 Å². The van der Waals surface area contributed by atoms with Crippen LogP contribution in [-0.2, 0) is 4.74 Å². The van der Waals surface area contributed by atoms with E-state index in [1.807, 2.05) is 54.9 Å². The normalized spacial score (nSPS) is 26.4. The van der Waals surface area contributed by atoms with E-state index in [1.54, 1.807) is 0 Å². The van der Waals surface area contributed by atoms with Gasteiger partial charge < -0.3 is 10.1 Å². The maximum absolute atomic E-state index is 12.7. The zero-order valence-electron chi connectivity index (χ0n) is 15.7. The van der Waals surface area contributed by atoms with E-state index in [-0.39, 0.29) is 24.2 Å². The number of rotatable bonds is 4. The number of nitrogens with zero attached hydrogens (tertiary/aromatic N) is 1. The SMILES string of the molecule is O=C(N[C@H]1C[C@@H](c2ccncc2)O[C@@H](C2CCCCC2)C1)c1ccccc1. The number of carbonyl (C=O) groups is 1. The Balaban J connectivity index is 1.50. The summed E-state index contributed by atoms with van der Waals surface area (Å²) in [4.78, 5) is 16.8. The van der Waals surface area contributed by atoms with Crippen LogP contribution in [0.2, 0.25) is 0 Å². The molecule has 1 N–H and O–H groups in total. The maximum Gasteiger partial charge on any atom is 0.251 e. The van der Waals surface area contributed by atoms with Crippen LogP contribution in [0.5, 0.6) is 0 Å². The molecule has 2 heterocycles. The number of benzene rings is 1. The van der Waals surface area contributed by atoms with Crippen molar-refractivity contribution < 1.29 is 9.53 Å². The molecular weight excluding hydrogens is 336 g/mol. The molecule has 0 bridgehead atoms. The number of ether oxygens (including phenoxy) is 1. The van der Waals surface area contributed by atoms with Crippen molar-refractivity contribution in [3.63, 3.8) is 0 Å². The second kappa shape index (κ2) is 8.66. The van der Waals surface area contributed by atoms with Gasteiger partial charge >= 0.3 is 0 Å². The van der Waals surface area contributed by atoms with Gasteiger partial charge in [-0.15, -0.1) is 0 Å². The highest BCUT2D eigenvalue weighted by Gasteiger charge is 2.36. The highest BCUT2D eigenvalue weighted by molar-refractivity contribution is 5.94. The standard InChI is InChI=1S/C23H28N2O2/c26-23(19-9-5-2-6-10-19)25-20-15-21(17-7-3-1-4-8-17)27-22(16-20)18-11-13-24-14-12-18/h2,5-6,9-14,17,20-22H,1,3-4,7-8,15-16H2,(H,25,26)/t20-,21-,22+/m1/s1. The highest BCUT2D eigenvalue weighted by atomic mass is 16.5. The summed E-state index contributed by atoms with van der Waals surface area (Å²) in [6, 6.07) is 13.7. The number of carbonyl (C=O) groups excluding carboxylic acids is 1. The van der Waals surface area contributed by atoms with E-state index in [0.29, 0.717) is 5.92 Å². The largest absolute Gasteiger partial charge is 0.370 e. The minimum absolute atomic E-state index is 0.0124. The molecule has 1 aliphatic heterocycles. The van der Waals surface area contributed by atoms with Crippen LogP contribution in [0.25, 0.3) is 0 Å². The molecule has 4 heteroatoms. The lowest BCUT2D eigenvalue weighted by Crippen LogP contribution is -2.45. The first-order valence-electron chi connectivity index (χ1n) is 10.2. The molecule has 2 aliphatic rings. The third-order valence-corrected chi connectivity index (χ3v) is 5.98. The molecule has 1 aliphatic carbocycles. The van der Waals surface area contributed by atoms with E-state index >= 15 is 0 Å². The monoisotopic (exact) mass is 364 g/mol. The number of aromatic nitrogens is 1. The Morgan fingerprint density at radius 2 is 1.70 bits per heavy atom. The van der Waals surface area contributed by atoms with Crippen molar-refractivity contribution in [2.75, 3.05) is 0 Å². The fourth-order valence-corrected chi connectivity index (χ4v) is 4.54. The van der Waals surface area contributed by atoms with Gasteiger partial charge in [-0.05, 0) is 61.4 Å². The molecule has 1 aromatic carbocycles. The lowest BCUT2D eigenvalue weighted by atomic mass is 9.80. The summed E-state index contributed by atoms with van der Waals surface area (Å²) in [5, 5.41) is 3.27.